The number of rotatable bonds is 3. The molecule has 2 rings (SSSR count). The van der Waals surface area contributed by atoms with Gasteiger partial charge in [0.2, 0.25) is 0 Å². The first kappa shape index (κ1) is 14.2. The summed E-state index contributed by atoms with van der Waals surface area (Å²) in [5.74, 6) is -0.560. The topological polar surface area (TPSA) is 65.1 Å². The zero-order chi connectivity index (χ0) is 14.9. The second-order valence-electron chi connectivity index (χ2n) is 4.24. The van der Waals surface area contributed by atoms with Crippen LogP contribution in [0.3, 0.4) is 0 Å². The SMILES string of the molecule is Cc1ccc([N+](=O)[O-])c(=O)n1Cc1ccc(Cl)cc1F. The summed E-state index contributed by atoms with van der Waals surface area (Å²) in [6.45, 7) is 1.54. The van der Waals surface area contributed by atoms with Crippen molar-refractivity contribution in [1.29, 1.82) is 0 Å². The van der Waals surface area contributed by atoms with Crippen molar-refractivity contribution in [2.45, 2.75) is 13.5 Å². The molecule has 0 fully saturated rings. The van der Waals surface area contributed by atoms with Crippen LogP contribution in [0.25, 0.3) is 0 Å². The minimum atomic E-state index is -0.760. The Kier molecular flexibility index (Phi) is 3.85. The first-order valence-corrected chi connectivity index (χ1v) is 6.06. The summed E-state index contributed by atoms with van der Waals surface area (Å²) in [4.78, 5) is 22.0. The van der Waals surface area contributed by atoms with Crippen molar-refractivity contribution in [3.63, 3.8) is 0 Å². The minimum Gasteiger partial charge on any atom is -0.303 e. The van der Waals surface area contributed by atoms with E-state index in [1.807, 2.05) is 0 Å². The summed E-state index contributed by atoms with van der Waals surface area (Å²) in [6.07, 6.45) is 0. The predicted molar refractivity (Wildman–Crippen MR) is 72.6 cm³/mol. The van der Waals surface area contributed by atoms with Crippen molar-refractivity contribution in [2.75, 3.05) is 0 Å². The standard InChI is InChI=1S/C13H10ClFN2O3/c1-8-2-5-12(17(19)20)13(18)16(8)7-9-3-4-10(14)6-11(9)15/h2-6H,7H2,1H3. The molecule has 0 amide bonds. The van der Waals surface area contributed by atoms with E-state index in [2.05, 4.69) is 0 Å². The van der Waals surface area contributed by atoms with Crippen LogP contribution in [0.4, 0.5) is 10.1 Å². The van der Waals surface area contributed by atoms with E-state index in [-0.39, 0.29) is 17.1 Å². The molecule has 104 valence electrons. The Morgan fingerprint density at radius 1 is 1.35 bits per heavy atom. The van der Waals surface area contributed by atoms with E-state index in [4.69, 9.17) is 11.6 Å². The molecule has 2 aromatic rings. The van der Waals surface area contributed by atoms with E-state index in [0.29, 0.717) is 5.69 Å². The Hall–Kier alpha value is -2.21. The smallest absolute Gasteiger partial charge is 0.303 e. The van der Waals surface area contributed by atoms with Crippen LogP contribution in [-0.4, -0.2) is 9.49 Å². The molecule has 0 bridgehead atoms. The average molecular weight is 297 g/mol. The van der Waals surface area contributed by atoms with Gasteiger partial charge >= 0.3 is 11.2 Å². The third-order valence-corrected chi connectivity index (χ3v) is 3.15. The monoisotopic (exact) mass is 296 g/mol. The average Bonchev–Trinajstić information content (AvgIpc) is 2.36. The molecular formula is C13H10ClFN2O3. The van der Waals surface area contributed by atoms with Crippen LogP contribution in [0.5, 0.6) is 0 Å². The molecule has 0 saturated heterocycles. The minimum absolute atomic E-state index is 0.0879. The summed E-state index contributed by atoms with van der Waals surface area (Å²) in [5, 5.41) is 11.0. The maximum absolute atomic E-state index is 13.7. The quantitative estimate of drug-likeness (QED) is 0.646. The third-order valence-electron chi connectivity index (χ3n) is 2.91. The van der Waals surface area contributed by atoms with Gasteiger partial charge in [0.05, 0.1) is 11.5 Å². The highest BCUT2D eigenvalue weighted by atomic mass is 35.5. The van der Waals surface area contributed by atoms with Gasteiger partial charge in [-0.05, 0) is 25.1 Å². The zero-order valence-corrected chi connectivity index (χ0v) is 11.2. The number of aryl methyl sites for hydroxylation is 1. The molecule has 0 unspecified atom stereocenters. The molecule has 0 aliphatic carbocycles. The summed E-state index contributed by atoms with van der Waals surface area (Å²) >= 11 is 5.65. The first-order valence-electron chi connectivity index (χ1n) is 5.69. The first-order chi connectivity index (χ1) is 9.40. The number of nitro groups is 1. The fourth-order valence-corrected chi connectivity index (χ4v) is 1.97. The Morgan fingerprint density at radius 2 is 2.05 bits per heavy atom. The lowest BCUT2D eigenvalue weighted by Crippen LogP contribution is -2.25. The number of hydrogen-bond donors (Lipinski definition) is 0. The van der Waals surface area contributed by atoms with E-state index in [1.165, 1.54) is 18.2 Å². The van der Waals surface area contributed by atoms with Gasteiger partial charge in [0.15, 0.2) is 0 Å². The largest absolute Gasteiger partial charge is 0.334 e. The van der Waals surface area contributed by atoms with Crippen molar-refractivity contribution in [3.05, 3.63) is 72.9 Å². The number of hydrogen-bond acceptors (Lipinski definition) is 3. The van der Waals surface area contributed by atoms with Gasteiger partial charge in [-0.25, -0.2) is 4.39 Å². The highest BCUT2D eigenvalue weighted by Gasteiger charge is 2.16. The van der Waals surface area contributed by atoms with Gasteiger partial charge in [0, 0.05) is 22.3 Å². The maximum Gasteiger partial charge on any atom is 0.334 e. The second kappa shape index (κ2) is 5.42. The van der Waals surface area contributed by atoms with E-state index in [9.17, 15) is 19.3 Å². The zero-order valence-electron chi connectivity index (χ0n) is 10.5. The van der Waals surface area contributed by atoms with E-state index in [1.54, 1.807) is 6.92 Å². The van der Waals surface area contributed by atoms with E-state index >= 15 is 0 Å². The van der Waals surface area contributed by atoms with Gasteiger partial charge in [-0.15, -0.1) is 0 Å². The van der Waals surface area contributed by atoms with Crippen molar-refractivity contribution >= 4 is 17.3 Å². The van der Waals surface area contributed by atoms with Crippen LogP contribution in [-0.2, 0) is 6.54 Å². The van der Waals surface area contributed by atoms with Crippen molar-refractivity contribution < 1.29 is 9.31 Å². The lowest BCUT2D eigenvalue weighted by atomic mass is 10.2. The van der Waals surface area contributed by atoms with Crippen LogP contribution >= 0.6 is 11.6 Å². The third kappa shape index (κ3) is 2.70. The normalized spacial score (nSPS) is 10.6. The summed E-state index contributed by atoms with van der Waals surface area (Å²) in [5.41, 5.74) is -0.552. The lowest BCUT2D eigenvalue weighted by molar-refractivity contribution is -0.386. The van der Waals surface area contributed by atoms with Crippen molar-refractivity contribution in [3.8, 4) is 0 Å². The fourth-order valence-electron chi connectivity index (χ4n) is 1.81. The molecule has 1 aromatic carbocycles. The highest BCUT2D eigenvalue weighted by molar-refractivity contribution is 6.30. The summed E-state index contributed by atoms with van der Waals surface area (Å²) in [7, 11) is 0. The van der Waals surface area contributed by atoms with E-state index < -0.39 is 22.0 Å². The summed E-state index contributed by atoms with van der Waals surface area (Å²) < 4.78 is 14.9. The number of pyridine rings is 1. The number of halogens is 2. The van der Waals surface area contributed by atoms with Crippen LogP contribution in [0.2, 0.25) is 5.02 Å². The van der Waals surface area contributed by atoms with E-state index in [0.717, 1.165) is 16.7 Å². The highest BCUT2D eigenvalue weighted by Crippen LogP contribution is 2.16. The molecule has 0 N–H and O–H groups in total. The molecule has 0 aliphatic heterocycles. The molecule has 0 saturated carbocycles. The number of benzene rings is 1. The van der Waals surface area contributed by atoms with Crippen molar-refractivity contribution in [2.24, 2.45) is 0 Å². The van der Waals surface area contributed by atoms with Crippen LogP contribution in [0.15, 0.2) is 35.1 Å². The molecule has 0 atom stereocenters. The van der Waals surface area contributed by atoms with Gasteiger partial charge in [0.25, 0.3) is 0 Å². The maximum atomic E-state index is 13.7. The Labute approximate surface area is 118 Å². The number of nitrogens with zero attached hydrogens (tertiary/aromatic N) is 2. The Bertz CT molecular complexity index is 743. The molecular weight excluding hydrogens is 287 g/mol. The molecule has 0 aliphatic rings. The van der Waals surface area contributed by atoms with Gasteiger partial charge in [-0.3, -0.25) is 14.9 Å². The van der Waals surface area contributed by atoms with Crippen molar-refractivity contribution in [1.82, 2.24) is 4.57 Å². The molecule has 20 heavy (non-hydrogen) atoms. The van der Waals surface area contributed by atoms with Crippen LogP contribution < -0.4 is 5.56 Å². The van der Waals surface area contributed by atoms with Crippen LogP contribution in [0, 0.1) is 22.9 Å². The molecule has 7 heteroatoms. The summed E-state index contributed by atoms with van der Waals surface area (Å²) in [6, 6.07) is 6.68. The second-order valence-corrected chi connectivity index (χ2v) is 4.68. The van der Waals surface area contributed by atoms with Gasteiger partial charge in [-0.2, -0.15) is 0 Å². The van der Waals surface area contributed by atoms with Gasteiger partial charge in [-0.1, -0.05) is 17.7 Å². The predicted octanol–water partition coefficient (Wildman–Crippen LogP) is 2.91. The lowest BCUT2D eigenvalue weighted by Gasteiger charge is -2.10. The van der Waals surface area contributed by atoms with Gasteiger partial charge in [0.1, 0.15) is 5.82 Å². The molecule has 0 radical (unpaired) electrons. The molecule has 1 aromatic heterocycles. The molecule has 0 spiro atoms. The Morgan fingerprint density at radius 3 is 2.65 bits per heavy atom. The molecule has 5 nitrogen and oxygen atoms in total. The Balaban J connectivity index is 2.51. The molecule has 1 heterocycles. The van der Waals surface area contributed by atoms with Crippen LogP contribution in [0.1, 0.15) is 11.3 Å². The van der Waals surface area contributed by atoms with Gasteiger partial charge < -0.3 is 4.57 Å². The number of aromatic nitrogens is 1. The fraction of sp³-hybridized carbons (Fsp3) is 0.154.